The highest BCUT2D eigenvalue weighted by Crippen LogP contribution is 2.26. The van der Waals surface area contributed by atoms with E-state index in [0.29, 0.717) is 24.5 Å². The van der Waals surface area contributed by atoms with Gasteiger partial charge in [-0.3, -0.25) is 19.2 Å². The summed E-state index contributed by atoms with van der Waals surface area (Å²) in [6, 6.07) is 9.73. The number of fused-ring (bicyclic) bond motifs is 1. The van der Waals surface area contributed by atoms with Gasteiger partial charge in [-0.2, -0.15) is 15.5 Å². The molecule has 1 unspecified atom stereocenters. The number of nitriles is 1. The summed E-state index contributed by atoms with van der Waals surface area (Å²) in [7, 11) is 0. The molecule has 1 aliphatic rings. The Kier molecular flexibility index (Phi) is 14.3. The van der Waals surface area contributed by atoms with Crippen molar-refractivity contribution in [3.63, 3.8) is 0 Å². The Labute approximate surface area is 270 Å². The van der Waals surface area contributed by atoms with Crippen LogP contribution >= 0.6 is 0 Å². The van der Waals surface area contributed by atoms with Crippen molar-refractivity contribution in [2.24, 2.45) is 10.2 Å². The van der Waals surface area contributed by atoms with Crippen LogP contribution in [0.2, 0.25) is 0 Å². The van der Waals surface area contributed by atoms with Gasteiger partial charge >= 0.3 is 0 Å². The fourth-order valence-corrected chi connectivity index (χ4v) is 4.99. The maximum Gasteiger partial charge on any atom is 0.265 e. The van der Waals surface area contributed by atoms with Gasteiger partial charge in [0.05, 0.1) is 12.1 Å². The van der Waals surface area contributed by atoms with E-state index in [0.717, 1.165) is 57.7 Å². The summed E-state index contributed by atoms with van der Waals surface area (Å²) in [5.74, 6) is -1.59. The van der Waals surface area contributed by atoms with E-state index in [4.69, 9.17) is 0 Å². The lowest BCUT2D eigenvalue weighted by Gasteiger charge is -2.18. The summed E-state index contributed by atoms with van der Waals surface area (Å²) >= 11 is 0. The van der Waals surface area contributed by atoms with Crippen molar-refractivity contribution in [3.8, 4) is 6.07 Å². The van der Waals surface area contributed by atoms with Gasteiger partial charge in [-0.25, -0.2) is 0 Å². The fourth-order valence-electron chi connectivity index (χ4n) is 4.99. The molecule has 0 aliphatic carbocycles. The zero-order valence-electron chi connectivity index (χ0n) is 27.2. The Morgan fingerprint density at radius 3 is 1.98 bits per heavy atom. The minimum absolute atomic E-state index is 0.134. The number of carbonyl (C=O) groups excluding carboxylic acids is 4. The van der Waals surface area contributed by atoms with Gasteiger partial charge in [0.1, 0.15) is 6.07 Å². The highest BCUT2D eigenvalue weighted by Gasteiger charge is 2.21. The molecule has 0 saturated carbocycles. The number of nitrogens with one attached hydrogen (secondary N) is 4. The van der Waals surface area contributed by atoms with Gasteiger partial charge in [0.2, 0.25) is 11.9 Å². The smallest absolute Gasteiger partial charge is 0.265 e. The molecule has 1 heterocycles. The van der Waals surface area contributed by atoms with Gasteiger partial charge < -0.3 is 31.1 Å². The van der Waals surface area contributed by atoms with Crippen molar-refractivity contribution in [1.82, 2.24) is 20.4 Å². The Morgan fingerprint density at radius 1 is 0.891 bits per heavy atom. The largest absolute Gasteiger partial charge is 0.352 e. The van der Waals surface area contributed by atoms with E-state index in [9.17, 15) is 24.4 Å². The molecule has 4 N–H and O–H groups in total. The number of hydrogen-bond donors (Lipinski definition) is 4. The zero-order valence-corrected chi connectivity index (χ0v) is 27.2. The van der Waals surface area contributed by atoms with Crippen molar-refractivity contribution in [2.45, 2.75) is 53.0 Å². The maximum absolute atomic E-state index is 13.1. The van der Waals surface area contributed by atoms with Crippen molar-refractivity contribution in [3.05, 3.63) is 53.1 Å². The molecule has 0 fully saturated rings. The first-order valence-electron chi connectivity index (χ1n) is 15.9. The van der Waals surface area contributed by atoms with Crippen molar-refractivity contribution in [1.29, 1.82) is 5.26 Å². The summed E-state index contributed by atoms with van der Waals surface area (Å²) in [5.41, 5.74) is 2.38. The highest BCUT2D eigenvalue weighted by molar-refractivity contribution is 6.02. The van der Waals surface area contributed by atoms with E-state index < -0.39 is 11.9 Å². The summed E-state index contributed by atoms with van der Waals surface area (Å²) in [4.78, 5) is 55.2. The molecule has 1 atom stereocenters. The normalized spacial score (nSPS) is 12.9. The van der Waals surface area contributed by atoms with Crippen LogP contribution in [0.3, 0.4) is 0 Å². The molecule has 13 nitrogen and oxygen atoms in total. The standard InChI is InChI=1S/C33H45N9O4/c1-5-41(6-2)15-9-13-35-31(44)24-17-25(32(45)36-14-10-16-42(7-3)8-4)19-27(18-24)39-40-29(22-34)33(46)37-26-12-11-23-20-30(43)38-28(23)21-26/h11-12,17-19,21,29H,5-10,13-16,20H2,1-4H3,(H,35,44)(H,36,45)(H,37,46)(H,38,43). The van der Waals surface area contributed by atoms with Crippen LogP contribution in [0.25, 0.3) is 0 Å². The van der Waals surface area contributed by atoms with E-state index in [1.165, 1.54) is 18.2 Å². The van der Waals surface area contributed by atoms with E-state index in [1.807, 2.05) is 6.07 Å². The molecule has 2 aromatic carbocycles. The van der Waals surface area contributed by atoms with Crippen LogP contribution in [0.5, 0.6) is 0 Å². The fraction of sp³-hybridized carbons (Fsp3) is 0.485. The van der Waals surface area contributed by atoms with Gasteiger partial charge in [0, 0.05) is 35.6 Å². The summed E-state index contributed by atoms with van der Waals surface area (Å²) in [5, 5.41) is 28.8. The predicted octanol–water partition coefficient (Wildman–Crippen LogP) is 3.72. The van der Waals surface area contributed by atoms with Crippen molar-refractivity contribution >= 4 is 40.7 Å². The highest BCUT2D eigenvalue weighted by atomic mass is 16.2. The van der Waals surface area contributed by atoms with Crippen LogP contribution in [-0.2, 0) is 16.0 Å². The lowest BCUT2D eigenvalue weighted by molar-refractivity contribution is -0.116. The minimum Gasteiger partial charge on any atom is -0.352 e. The van der Waals surface area contributed by atoms with Crippen LogP contribution in [0.1, 0.15) is 66.8 Å². The topological polar surface area (TPSA) is 171 Å². The number of anilines is 2. The van der Waals surface area contributed by atoms with Crippen LogP contribution in [0.15, 0.2) is 46.6 Å². The van der Waals surface area contributed by atoms with E-state index >= 15 is 0 Å². The second-order valence-electron chi connectivity index (χ2n) is 10.9. The van der Waals surface area contributed by atoms with Crippen molar-refractivity contribution < 1.29 is 19.2 Å². The molecule has 13 heteroatoms. The Morgan fingerprint density at radius 2 is 1.46 bits per heavy atom. The lowest BCUT2D eigenvalue weighted by Crippen LogP contribution is -2.31. The quantitative estimate of drug-likeness (QED) is 0.143. The molecule has 1 aliphatic heterocycles. The Balaban J connectivity index is 1.74. The Hall–Kier alpha value is -4.67. The van der Waals surface area contributed by atoms with Gasteiger partial charge in [-0.1, -0.05) is 33.8 Å². The first-order valence-corrected chi connectivity index (χ1v) is 15.9. The maximum atomic E-state index is 13.1. The summed E-state index contributed by atoms with van der Waals surface area (Å²) in [6.07, 6.45) is 1.80. The average molecular weight is 632 g/mol. The van der Waals surface area contributed by atoms with Crippen LogP contribution in [0.4, 0.5) is 17.1 Å². The van der Waals surface area contributed by atoms with Gasteiger partial charge in [-0.05, 0) is 88.0 Å². The van der Waals surface area contributed by atoms with E-state index in [-0.39, 0.29) is 41.0 Å². The molecule has 246 valence electrons. The number of nitrogens with zero attached hydrogens (tertiary/aromatic N) is 5. The molecule has 4 amide bonds. The average Bonchev–Trinajstić information content (AvgIpc) is 3.44. The number of hydrogen-bond acceptors (Lipinski definition) is 9. The van der Waals surface area contributed by atoms with Gasteiger partial charge in [-0.15, -0.1) is 0 Å². The number of rotatable bonds is 18. The summed E-state index contributed by atoms with van der Waals surface area (Å²) < 4.78 is 0. The molecule has 3 rings (SSSR count). The Bertz CT molecular complexity index is 1390. The van der Waals surface area contributed by atoms with Crippen LogP contribution < -0.4 is 21.3 Å². The molecule has 2 aromatic rings. The first kappa shape index (κ1) is 35.8. The van der Waals surface area contributed by atoms with Crippen molar-refractivity contribution in [2.75, 3.05) is 63.0 Å². The number of amides is 4. The molecule has 0 saturated heterocycles. The monoisotopic (exact) mass is 631 g/mol. The SMILES string of the molecule is CCN(CC)CCCNC(=O)c1cc(N=NC(C#N)C(=O)Nc2ccc3c(c2)NC(=O)C3)cc(C(=O)NCCCN(CC)CC)c1. The lowest BCUT2D eigenvalue weighted by atomic mass is 10.1. The zero-order chi connectivity index (χ0) is 33.5. The van der Waals surface area contributed by atoms with E-state index in [2.05, 4.69) is 69.0 Å². The first-order chi connectivity index (χ1) is 22.2. The molecule has 0 bridgehead atoms. The van der Waals surface area contributed by atoms with E-state index in [1.54, 1.807) is 18.2 Å². The predicted molar refractivity (Wildman–Crippen MR) is 177 cm³/mol. The molecule has 0 aromatic heterocycles. The van der Waals surface area contributed by atoms with Crippen LogP contribution in [0, 0.1) is 11.3 Å². The number of carbonyl (C=O) groups is 4. The third-order valence-electron chi connectivity index (χ3n) is 7.77. The third kappa shape index (κ3) is 10.7. The molecule has 0 spiro atoms. The molecule has 0 radical (unpaired) electrons. The van der Waals surface area contributed by atoms with Gasteiger partial charge in [0.15, 0.2) is 0 Å². The second-order valence-corrected chi connectivity index (χ2v) is 10.9. The van der Waals surface area contributed by atoms with Crippen LogP contribution in [-0.4, -0.2) is 91.8 Å². The number of benzene rings is 2. The number of azo groups is 1. The third-order valence-corrected chi connectivity index (χ3v) is 7.77. The molecule has 46 heavy (non-hydrogen) atoms. The second kappa shape index (κ2) is 18.3. The molecular weight excluding hydrogens is 586 g/mol. The molecular formula is C33H45N9O4. The van der Waals surface area contributed by atoms with Gasteiger partial charge in [0.25, 0.3) is 17.7 Å². The minimum atomic E-state index is -1.50. The summed E-state index contributed by atoms with van der Waals surface area (Å²) in [6.45, 7) is 14.7.